The first-order chi connectivity index (χ1) is 6.36. The summed E-state index contributed by atoms with van der Waals surface area (Å²) in [6, 6.07) is 10.4. The molecule has 13 heavy (non-hydrogen) atoms. The summed E-state index contributed by atoms with van der Waals surface area (Å²) < 4.78 is 0. The van der Waals surface area contributed by atoms with Crippen molar-refractivity contribution in [1.29, 1.82) is 0 Å². The number of hydrogen-bond acceptors (Lipinski definition) is 1. The van der Waals surface area contributed by atoms with E-state index in [2.05, 4.69) is 31.2 Å². The van der Waals surface area contributed by atoms with Crippen LogP contribution >= 0.6 is 0 Å². The van der Waals surface area contributed by atoms with Crippen molar-refractivity contribution in [3.05, 3.63) is 35.9 Å². The lowest BCUT2D eigenvalue weighted by Gasteiger charge is -2.12. The molecule has 0 saturated heterocycles. The van der Waals surface area contributed by atoms with Crippen LogP contribution in [0.1, 0.15) is 25.3 Å². The highest BCUT2D eigenvalue weighted by atomic mass is 16.3. The first kappa shape index (κ1) is 10.3. The maximum absolute atomic E-state index is 9.12. The summed E-state index contributed by atoms with van der Waals surface area (Å²) in [4.78, 5) is 0. The Bertz CT molecular complexity index is 218. The van der Waals surface area contributed by atoms with Crippen LogP contribution in [0.5, 0.6) is 0 Å². The van der Waals surface area contributed by atoms with Crippen molar-refractivity contribution in [2.45, 2.75) is 26.2 Å². The Morgan fingerprint density at radius 3 is 2.46 bits per heavy atom. The van der Waals surface area contributed by atoms with Crippen LogP contribution in [0.15, 0.2) is 30.3 Å². The Kier molecular flexibility index (Phi) is 4.55. The summed E-state index contributed by atoms with van der Waals surface area (Å²) in [5, 5.41) is 9.12. The van der Waals surface area contributed by atoms with E-state index in [1.165, 1.54) is 5.56 Å². The van der Waals surface area contributed by atoms with Gasteiger partial charge in [0.25, 0.3) is 0 Å². The van der Waals surface area contributed by atoms with Gasteiger partial charge >= 0.3 is 0 Å². The zero-order chi connectivity index (χ0) is 9.52. The van der Waals surface area contributed by atoms with Gasteiger partial charge in [-0.25, -0.2) is 0 Å². The second-order valence-corrected chi connectivity index (χ2v) is 3.53. The third-order valence-electron chi connectivity index (χ3n) is 2.32. The van der Waals surface area contributed by atoms with E-state index in [1.807, 2.05) is 6.07 Å². The maximum Gasteiger partial charge on any atom is 0.0462 e. The Hall–Kier alpha value is -0.820. The normalized spacial score (nSPS) is 12.8. The van der Waals surface area contributed by atoms with Crippen molar-refractivity contribution < 1.29 is 5.11 Å². The molecule has 0 bridgehead atoms. The van der Waals surface area contributed by atoms with E-state index in [1.54, 1.807) is 0 Å². The molecule has 0 saturated carbocycles. The second-order valence-electron chi connectivity index (χ2n) is 3.53. The van der Waals surface area contributed by atoms with E-state index >= 15 is 0 Å². The van der Waals surface area contributed by atoms with Crippen LogP contribution in [0.2, 0.25) is 0 Å². The Morgan fingerprint density at radius 1 is 1.23 bits per heavy atom. The average molecular weight is 178 g/mol. The SMILES string of the molecule is CCC[C@@H](CO)Cc1ccccc1. The summed E-state index contributed by atoms with van der Waals surface area (Å²) in [5.41, 5.74) is 1.33. The van der Waals surface area contributed by atoms with Gasteiger partial charge < -0.3 is 5.11 Å². The minimum absolute atomic E-state index is 0.308. The van der Waals surface area contributed by atoms with Crippen molar-refractivity contribution in [2.75, 3.05) is 6.61 Å². The van der Waals surface area contributed by atoms with Crippen molar-refractivity contribution in [3.63, 3.8) is 0 Å². The molecule has 0 unspecified atom stereocenters. The van der Waals surface area contributed by atoms with Crippen LogP contribution in [0.25, 0.3) is 0 Å². The molecule has 0 amide bonds. The summed E-state index contributed by atoms with van der Waals surface area (Å²) in [6.07, 6.45) is 3.27. The van der Waals surface area contributed by atoms with Gasteiger partial charge in [0.1, 0.15) is 0 Å². The van der Waals surface area contributed by atoms with Crippen LogP contribution in [0.4, 0.5) is 0 Å². The zero-order valence-corrected chi connectivity index (χ0v) is 8.24. The third-order valence-corrected chi connectivity index (χ3v) is 2.32. The monoisotopic (exact) mass is 178 g/mol. The fourth-order valence-electron chi connectivity index (χ4n) is 1.61. The van der Waals surface area contributed by atoms with Gasteiger partial charge in [-0.2, -0.15) is 0 Å². The molecular weight excluding hydrogens is 160 g/mol. The van der Waals surface area contributed by atoms with E-state index in [0.717, 1.165) is 19.3 Å². The van der Waals surface area contributed by atoms with Gasteiger partial charge in [0.05, 0.1) is 0 Å². The molecule has 0 aliphatic heterocycles. The Labute approximate surface area is 80.4 Å². The van der Waals surface area contributed by atoms with Gasteiger partial charge in [-0.05, 0) is 24.3 Å². The molecule has 0 spiro atoms. The van der Waals surface area contributed by atoms with E-state index in [4.69, 9.17) is 5.11 Å². The number of rotatable bonds is 5. The molecule has 72 valence electrons. The number of benzene rings is 1. The molecule has 1 rings (SSSR count). The molecule has 0 heterocycles. The fourth-order valence-corrected chi connectivity index (χ4v) is 1.61. The fraction of sp³-hybridized carbons (Fsp3) is 0.500. The minimum atomic E-state index is 0.308. The molecule has 0 radical (unpaired) electrons. The lowest BCUT2D eigenvalue weighted by atomic mass is 9.96. The summed E-state index contributed by atoms with van der Waals surface area (Å²) in [6.45, 7) is 2.47. The smallest absolute Gasteiger partial charge is 0.0462 e. The molecule has 0 aromatic heterocycles. The lowest BCUT2D eigenvalue weighted by Crippen LogP contribution is -2.08. The van der Waals surface area contributed by atoms with Gasteiger partial charge in [0, 0.05) is 6.61 Å². The molecule has 1 nitrogen and oxygen atoms in total. The predicted octanol–water partition coefficient (Wildman–Crippen LogP) is 2.64. The van der Waals surface area contributed by atoms with Gasteiger partial charge in [-0.3, -0.25) is 0 Å². The molecule has 1 aromatic carbocycles. The van der Waals surface area contributed by atoms with Gasteiger partial charge in [0.2, 0.25) is 0 Å². The number of hydrogen-bond donors (Lipinski definition) is 1. The highest BCUT2D eigenvalue weighted by molar-refractivity contribution is 5.15. The zero-order valence-electron chi connectivity index (χ0n) is 8.24. The maximum atomic E-state index is 9.12. The van der Waals surface area contributed by atoms with Crippen LogP contribution in [-0.2, 0) is 6.42 Å². The summed E-state index contributed by atoms with van der Waals surface area (Å²) >= 11 is 0. The topological polar surface area (TPSA) is 20.2 Å². The van der Waals surface area contributed by atoms with Gasteiger partial charge in [0.15, 0.2) is 0 Å². The van der Waals surface area contributed by atoms with Crippen LogP contribution in [0, 0.1) is 5.92 Å². The Balaban J connectivity index is 2.46. The van der Waals surface area contributed by atoms with E-state index in [-0.39, 0.29) is 0 Å². The largest absolute Gasteiger partial charge is 0.396 e. The first-order valence-corrected chi connectivity index (χ1v) is 5.01. The molecule has 1 atom stereocenters. The molecule has 1 N–H and O–H groups in total. The third kappa shape index (κ3) is 3.60. The standard InChI is InChI=1S/C12H18O/c1-2-6-12(10-13)9-11-7-4-3-5-8-11/h3-5,7-8,12-13H,2,6,9-10H2,1H3/t12-/m1/s1. The number of aliphatic hydroxyl groups is 1. The van der Waals surface area contributed by atoms with Gasteiger partial charge in [-0.15, -0.1) is 0 Å². The molecule has 0 fully saturated rings. The van der Waals surface area contributed by atoms with Crippen LogP contribution in [-0.4, -0.2) is 11.7 Å². The summed E-state index contributed by atoms with van der Waals surface area (Å²) in [7, 11) is 0. The first-order valence-electron chi connectivity index (χ1n) is 5.01. The molecule has 1 heteroatoms. The molecular formula is C12H18O. The van der Waals surface area contributed by atoms with E-state index in [9.17, 15) is 0 Å². The van der Waals surface area contributed by atoms with Crippen LogP contribution < -0.4 is 0 Å². The summed E-state index contributed by atoms with van der Waals surface area (Å²) in [5.74, 6) is 0.437. The molecule has 1 aromatic rings. The van der Waals surface area contributed by atoms with E-state index in [0.29, 0.717) is 12.5 Å². The van der Waals surface area contributed by atoms with Crippen molar-refractivity contribution in [1.82, 2.24) is 0 Å². The highest BCUT2D eigenvalue weighted by Crippen LogP contribution is 2.13. The van der Waals surface area contributed by atoms with Gasteiger partial charge in [-0.1, -0.05) is 43.7 Å². The predicted molar refractivity (Wildman–Crippen MR) is 55.6 cm³/mol. The van der Waals surface area contributed by atoms with Crippen molar-refractivity contribution in [2.24, 2.45) is 5.92 Å². The lowest BCUT2D eigenvalue weighted by molar-refractivity contribution is 0.217. The molecule has 0 aliphatic rings. The van der Waals surface area contributed by atoms with E-state index < -0.39 is 0 Å². The molecule has 0 aliphatic carbocycles. The van der Waals surface area contributed by atoms with Crippen LogP contribution in [0.3, 0.4) is 0 Å². The quantitative estimate of drug-likeness (QED) is 0.735. The Morgan fingerprint density at radius 2 is 1.92 bits per heavy atom. The second kappa shape index (κ2) is 5.76. The number of aliphatic hydroxyl groups excluding tert-OH is 1. The average Bonchev–Trinajstić information content (AvgIpc) is 2.19. The highest BCUT2D eigenvalue weighted by Gasteiger charge is 2.06. The van der Waals surface area contributed by atoms with Crippen molar-refractivity contribution >= 4 is 0 Å². The van der Waals surface area contributed by atoms with Crippen molar-refractivity contribution in [3.8, 4) is 0 Å². The minimum Gasteiger partial charge on any atom is -0.396 e.